The van der Waals surface area contributed by atoms with Crippen molar-refractivity contribution in [1.29, 1.82) is 0 Å². The summed E-state index contributed by atoms with van der Waals surface area (Å²) in [5.41, 5.74) is 0.00609. The summed E-state index contributed by atoms with van der Waals surface area (Å²) >= 11 is 0. The molecule has 132 valence electrons. The molecule has 0 saturated heterocycles. The van der Waals surface area contributed by atoms with Crippen LogP contribution in [-0.4, -0.2) is 37.5 Å². The Morgan fingerprint density at radius 2 is 2.00 bits per heavy atom. The Labute approximate surface area is 140 Å². The number of halogens is 3. The van der Waals surface area contributed by atoms with Gasteiger partial charge in [-0.15, -0.1) is 10.2 Å². The van der Waals surface area contributed by atoms with E-state index < -0.39 is 23.6 Å². The number of benzene rings is 1. The third kappa shape index (κ3) is 3.36. The number of aromatic nitrogens is 3. The molecule has 2 aromatic heterocycles. The van der Waals surface area contributed by atoms with E-state index in [9.17, 15) is 23.4 Å². The Morgan fingerprint density at radius 1 is 1.24 bits per heavy atom. The van der Waals surface area contributed by atoms with E-state index in [1.165, 1.54) is 0 Å². The highest BCUT2D eigenvalue weighted by Gasteiger charge is 2.31. The molecule has 0 bridgehead atoms. The SMILES string of the molecule is C[C@H](O)CNc1nnc(-c2ccc(C(F)(F)F)cc2O)c2cccn12. The quantitative estimate of drug-likeness (QED) is 0.673. The van der Waals surface area contributed by atoms with Crippen LogP contribution in [0.5, 0.6) is 5.75 Å². The lowest BCUT2D eigenvalue weighted by molar-refractivity contribution is -0.137. The van der Waals surface area contributed by atoms with Crippen molar-refractivity contribution in [1.82, 2.24) is 14.6 Å². The van der Waals surface area contributed by atoms with Crippen LogP contribution < -0.4 is 5.32 Å². The standard InChI is InChI=1S/C16H15F3N4O2/c1-9(24)8-20-15-22-21-14(12-3-2-6-23(12)15)11-5-4-10(7-13(11)25)16(17,18)19/h2-7,9,24-25H,8H2,1H3,(H,20,22)/t9-/m0/s1. The van der Waals surface area contributed by atoms with E-state index in [-0.39, 0.29) is 17.8 Å². The number of aliphatic hydroxyl groups excluding tert-OH is 1. The summed E-state index contributed by atoms with van der Waals surface area (Å²) in [5, 5.41) is 30.3. The lowest BCUT2D eigenvalue weighted by atomic mass is 10.1. The number of fused-ring (bicyclic) bond motifs is 1. The van der Waals surface area contributed by atoms with Gasteiger partial charge in [0, 0.05) is 18.3 Å². The molecule has 1 atom stereocenters. The first-order valence-corrected chi connectivity index (χ1v) is 7.43. The number of nitrogens with one attached hydrogen (secondary N) is 1. The zero-order valence-corrected chi connectivity index (χ0v) is 13.1. The number of nitrogens with zero attached hydrogens (tertiary/aromatic N) is 3. The molecule has 3 rings (SSSR count). The van der Waals surface area contributed by atoms with Crippen LogP contribution in [0.3, 0.4) is 0 Å². The van der Waals surface area contributed by atoms with Gasteiger partial charge in [-0.05, 0) is 37.3 Å². The van der Waals surface area contributed by atoms with E-state index >= 15 is 0 Å². The molecular formula is C16H15F3N4O2. The molecule has 25 heavy (non-hydrogen) atoms. The molecule has 0 aliphatic rings. The number of anilines is 1. The number of hydrogen-bond acceptors (Lipinski definition) is 5. The highest BCUT2D eigenvalue weighted by molar-refractivity contribution is 5.81. The molecule has 0 radical (unpaired) electrons. The average Bonchev–Trinajstić information content (AvgIpc) is 3.01. The van der Waals surface area contributed by atoms with Crippen molar-refractivity contribution >= 4 is 11.5 Å². The Balaban J connectivity index is 2.05. The van der Waals surface area contributed by atoms with Crippen molar-refractivity contribution < 1.29 is 23.4 Å². The first kappa shape index (κ1) is 17.0. The van der Waals surface area contributed by atoms with Gasteiger partial charge in [-0.1, -0.05) is 0 Å². The van der Waals surface area contributed by atoms with Gasteiger partial charge in [-0.2, -0.15) is 13.2 Å². The molecule has 0 saturated carbocycles. The fourth-order valence-corrected chi connectivity index (χ4v) is 2.41. The van der Waals surface area contributed by atoms with E-state index in [0.717, 1.165) is 12.1 Å². The summed E-state index contributed by atoms with van der Waals surface area (Å²) in [7, 11) is 0. The van der Waals surface area contributed by atoms with Gasteiger partial charge < -0.3 is 15.5 Å². The molecule has 0 amide bonds. The number of aliphatic hydroxyl groups is 1. The molecule has 6 nitrogen and oxygen atoms in total. The summed E-state index contributed by atoms with van der Waals surface area (Å²) in [6, 6.07) is 6.13. The minimum Gasteiger partial charge on any atom is -0.507 e. The third-order valence-corrected chi connectivity index (χ3v) is 3.60. The van der Waals surface area contributed by atoms with Crippen molar-refractivity contribution in [2.45, 2.75) is 19.2 Å². The largest absolute Gasteiger partial charge is 0.507 e. The number of rotatable bonds is 4. The first-order valence-electron chi connectivity index (χ1n) is 7.43. The van der Waals surface area contributed by atoms with E-state index in [1.807, 2.05) is 0 Å². The molecule has 2 heterocycles. The summed E-state index contributed by atoms with van der Waals surface area (Å²) < 4.78 is 39.8. The second kappa shape index (κ2) is 6.25. The molecule has 0 fully saturated rings. The molecule has 0 aliphatic heterocycles. The van der Waals surface area contributed by atoms with Gasteiger partial charge in [0.1, 0.15) is 11.4 Å². The van der Waals surface area contributed by atoms with E-state index in [4.69, 9.17) is 0 Å². The Hall–Kier alpha value is -2.81. The van der Waals surface area contributed by atoms with Gasteiger partial charge in [0.05, 0.1) is 17.2 Å². The molecular weight excluding hydrogens is 337 g/mol. The molecule has 0 aliphatic carbocycles. The van der Waals surface area contributed by atoms with Gasteiger partial charge in [0.2, 0.25) is 5.95 Å². The molecule has 0 spiro atoms. The second-order valence-corrected chi connectivity index (χ2v) is 5.60. The van der Waals surface area contributed by atoms with Gasteiger partial charge in [0.25, 0.3) is 0 Å². The zero-order chi connectivity index (χ0) is 18.2. The number of aromatic hydroxyl groups is 1. The van der Waals surface area contributed by atoms with Crippen LogP contribution in [0.15, 0.2) is 36.5 Å². The van der Waals surface area contributed by atoms with Crippen LogP contribution in [0, 0.1) is 0 Å². The highest BCUT2D eigenvalue weighted by Crippen LogP contribution is 2.37. The summed E-state index contributed by atoms with van der Waals surface area (Å²) in [4.78, 5) is 0. The number of phenolic OH excluding ortho intramolecular Hbond substituents is 1. The van der Waals surface area contributed by atoms with Gasteiger partial charge in [-0.25, -0.2) is 0 Å². The Morgan fingerprint density at radius 3 is 2.64 bits per heavy atom. The summed E-state index contributed by atoms with van der Waals surface area (Å²) in [6.45, 7) is 1.87. The topological polar surface area (TPSA) is 82.7 Å². The van der Waals surface area contributed by atoms with Crippen LogP contribution in [-0.2, 0) is 6.18 Å². The highest BCUT2D eigenvalue weighted by atomic mass is 19.4. The minimum atomic E-state index is -4.54. The van der Waals surface area contributed by atoms with Crippen molar-refractivity contribution in [2.24, 2.45) is 0 Å². The van der Waals surface area contributed by atoms with Crippen LogP contribution in [0.4, 0.5) is 19.1 Å². The maximum atomic E-state index is 12.7. The number of hydrogen-bond donors (Lipinski definition) is 3. The predicted molar refractivity (Wildman–Crippen MR) is 85.3 cm³/mol. The molecule has 3 aromatic rings. The normalized spacial score (nSPS) is 13.2. The second-order valence-electron chi connectivity index (χ2n) is 5.60. The molecule has 1 aromatic carbocycles. The summed E-state index contributed by atoms with van der Waals surface area (Å²) in [6.07, 6.45) is -3.44. The monoisotopic (exact) mass is 352 g/mol. The Kier molecular flexibility index (Phi) is 4.25. The van der Waals surface area contributed by atoms with Gasteiger partial charge >= 0.3 is 6.18 Å². The fourth-order valence-electron chi connectivity index (χ4n) is 2.41. The number of alkyl halides is 3. The average molecular weight is 352 g/mol. The Bertz CT molecular complexity index is 906. The van der Waals surface area contributed by atoms with E-state index in [1.54, 1.807) is 29.7 Å². The molecule has 9 heteroatoms. The number of phenols is 1. The summed E-state index contributed by atoms with van der Waals surface area (Å²) in [5.74, 6) is -0.159. The molecule has 0 unspecified atom stereocenters. The van der Waals surface area contributed by atoms with Crippen molar-refractivity contribution in [3.63, 3.8) is 0 Å². The van der Waals surface area contributed by atoms with Crippen LogP contribution in [0.25, 0.3) is 16.8 Å². The van der Waals surface area contributed by atoms with Gasteiger partial charge in [-0.3, -0.25) is 4.40 Å². The predicted octanol–water partition coefficient (Wildman–Crippen LogP) is 2.91. The lowest BCUT2D eigenvalue weighted by Crippen LogP contribution is -2.18. The minimum absolute atomic E-state index is 0.145. The van der Waals surface area contributed by atoms with Gasteiger partial charge in [0.15, 0.2) is 0 Å². The zero-order valence-electron chi connectivity index (χ0n) is 13.1. The van der Waals surface area contributed by atoms with Crippen LogP contribution in [0.2, 0.25) is 0 Å². The van der Waals surface area contributed by atoms with Crippen molar-refractivity contribution in [3.8, 4) is 17.0 Å². The maximum absolute atomic E-state index is 12.7. The molecule has 3 N–H and O–H groups in total. The van der Waals surface area contributed by atoms with Crippen LogP contribution >= 0.6 is 0 Å². The van der Waals surface area contributed by atoms with E-state index in [2.05, 4.69) is 15.5 Å². The fraction of sp³-hybridized carbons (Fsp3) is 0.250. The van der Waals surface area contributed by atoms with Crippen LogP contribution in [0.1, 0.15) is 12.5 Å². The third-order valence-electron chi connectivity index (χ3n) is 3.60. The smallest absolute Gasteiger partial charge is 0.416 e. The maximum Gasteiger partial charge on any atom is 0.416 e. The van der Waals surface area contributed by atoms with E-state index in [0.29, 0.717) is 17.5 Å². The van der Waals surface area contributed by atoms with Crippen molar-refractivity contribution in [2.75, 3.05) is 11.9 Å². The first-order chi connectivity index (χ1) is 11.8. The van der Waals surface area contributed by atoms with Crippen molar-refractivity contribution in [3.05, 3.63) is 42.1 Å². The lowest BCUT2D eigenvalue weighted by Gasteiger charge is -2.13.